The predicted octanol–water partition coefficient (Wildman–Crippen LogP) is 2.29. The maximum Gasteiger partial charge on any atom is 0.352 e. The van der Waals surface area contributed by atoms with Gasteiger partial charge >= 0.3 is 18.3 Å². The van der Waals surface area contributed by atoms with Crippen molar-refractivity contribution in [1.82, 2.24) is 4.57 Å². The van der Waals surface area contributed by atoms with E-state index in [0.29, 0.717) is 4.57 Å². The van der Waals surface area contributed by atoms with Crippen molar-refractivity contribution in [1.29, 1.82) is 0 Å². The Balaban J connectivity index is 3.15. The number of hydrogen-bond acceptors (Lipinski definition) is 2. The molecule has 1 N–H and O–H groups in total. The van der Waals surface area contributed by atoms with Gasteiger partial charge in [0.2, 0.25) is 0 Å². The Morgan fingerprint density at radius 2 is 2.00 bits per heavy atom. The maximum atomic E-state index is 12.8. The van der Waals surface area contributed by atoms with Crippen LogP contribution in [0.25, 0.3) is 0 Å². The van der Waals surface area contributed by atoms with Crippen molar-refractivity contribution in [2.75, 3.05) is 0 Å². The molecule has 0 bridgehead atoms. The summed E-state index contributed by atoms with van der Waals surface area (Å²) in [5.41, 5.74) is -0.766. The summed E-state index contributed by atoms with van der Waals surface area (Å²) in [5, 5.41) is 8.73. The van der Waals surface area contributed by atoms with Crippen molar-refractivity contribution in [3.8, 4) is 0 Å². The molecule has 0 fully saturated rings. The van der Waals surface area contributed by atoms with Gasteiger partial charge in [0.1, 0.15) is 5.69 Å². The molecule has 0 unspecified atom stereocenters. The van der Waals surface area contributed by atoms with Gasteiger partial charge in [-0.15, -0.1) is 0 Å². The van der Waals surface area contributed by atoms with Crippen LogP contribution in [0.15, 0.2) is 12.3 Å². The highest BCUT2D eigenvalue weighted by atomic mass is 19.3. The summed E-state index contributed by atoms with van der Waals surface area (Å²) in [6.07, 6.45) is -3.09. The normalized spacial score (nSPS) is 11.9. The number of alkyl halides is 4. The number of aromatic carboxylic acids is 1. The number of carboxylic acid groups (broad SMARTS) is 1. The molecule has 100 valence electrons. The fraction of sp³-hybridized carbons (Fsp3) is 0.400. The lowest BCUT2D eigenvalue weighted by molar-refractivity contribution is -0.137. The smallest absolute Gasteiger partial charge is 0.352 e. The minimum absolute atomic E-state index is 0.127. The van der Waals surface area contributed by atoms with Gasteiger partial charge in [-0.2, -0.15) is 8.78 Å². The van der Waals surface area contributed by atoms with Crippen molar-refractivity contribution >= 4 is 11.8 Å². The second-order valence-electron chi connectivity index (χ2n) is 3.66. The third-order valence-electron chi connectivity index (χ3n) is 2.22. The zero-order valence-corrected chi connectivity index (χ0v) is 9.16. The predicted molar refractivity (Wildman–Crippen MR) is 52.3 cm³/mol. The van der Waals surface area contributed by atoms with Gasteiger partial charge in [0.15, 0.2) is 5.78 Å². The summed E-state index contributed by atoms with van der Waals surface area (Å²) in [6, 6.07) is 0.867. The summed E-state index contributed by atoms with van der Waals surface area (Å²) in [4.78, 5) is 21.7. The van der Waals surface area contributed by atoms with Crippen molar-refractivity contribution < 1.29 is 32.3 Å². The van der Waals surface area contributed by atoms with Crippen LogP contribution in [0, 0.1) is 0 Å². The summed E-state index contributed by atoms with van der Waals surface area (Å²) >= 11 is 0. The van der Waals surface area contributed by atoms with Gasteiger partial charge in [0, 0.05) is 11.8 Å². The van der Waals surface area contributed by atoms with Crippen LogP contribution < -0.4 is 0 Å². The van der Waals surface area contributed by atoms with Crippen LogP contribution in [-0.2, 0) is 6.54 Å². The molecule has 0 aliphatic carbocycles. The minimum atomic E-state index is -4.36. The Morgan fingerprint density at radius 1 is 1.44 bits per heavy atom. The molecule has 1 aromatic rings. The van der Waals surface area contributed by atoms with E-state index in [1.54, 1.807) is 0 Å². The highest BCUT2D eigenvalue weighted by Crippen LogP contribution is 2.26. The Hall–Kier alpha value is -1.86. The molecule has 18 heavy (non-hydrogen) atoms. The Bertz CT molecular complexity index is 481. The number of rotatable bonds is 5. The Kier molecular flexibility index (Phi) is 3.78. The molecule has 0 spiro atoms. The average molecular weight is 267 g/mol. The average Bonchev–Trinajstić information content (AvgIpc) is 2.60. The Morgan fingerprint density at radius 3 is 2.39 bits per heavy atom. The van der Waals surface area contributed by atoms with Gasteiger partial charge in [-0.05, 0) is 13.0 Å². The number of aromatic nitrogens is 1. The van der Waals surface area contributed by atoms with Crippen molar-refractivity contribution in [2.24, 2.45) is 0 Å². The van der Waals surface area contributed by atoms with Crippen molar-refractivity contribution in [3.63, 3.8) is 0 Å². The highest BCUT2D eigenvalue weighted by Gasteiger charge is 2.41. The van der Waals surface area contributed by atoms with E-state index in [2.05, 4.69) is 0 Å². The fourth-order valence-electron chi connectivity index (χ4n) is 1.31. The fourth-order valence-corrected chi connectivity index (χ4v) is 1.31. The molecule has 0 radical (unpaired) electrons. The number of carboxylic acids is 1. The van der Waals surface area contributed by atoms with Gasteiger partial charge in [-0.25, -0.2) is 13.6 Å². The third-order valence-corrected chi connectivity index (χ3v) is 2.22. The summed E-state index contributed by atoms with van der Waals surface area (Å²) in [7, 11) is 0. The standard InChI is InChI=1S/C10H9F4NO3/c1-5(16)6-2-7(8(17)18)15(3-6)4-10(13,14)9(11)12/h2-3,9H,4H2,1H3,(H,17,18). The number of halogens is 4. The lowest BCUT2D eigenvalue weighted by Gasteiger charge is -2.16. The molecular formula is C10H9F4NO3. The van der Waals surface area contributed by atoms with Gasteiger partial charge in [-0.3, -0.25) is 4.79 Å². The van der Waals surface area contributed by atoms with E-state index in [1.807, 2.05) is 0 Å². The second kappa shape index (κ2) is 4.79. The van der Waals surface area contributed by atoms with Crippen molar-refractivity contribution in [2.45, 2.75) is 25.8 Å². The van der Waals surface area contributed by atoms with Gasteiger partial charge in [0.25, 0.3) is 0 Å². The van der Waals surface area contributed by atoms with E-state index >= 15 is 0 Å². The molecule has 0 aliphatic heterocycles. The second-order valence-corrected chi connectivity index (χ2v) is 3.66. The first-order valence-electron chi connectivity index (χ1n) is 4.75. The number of nitrogens with zero attached hydrogens (tertiary/aromatic N) is 1. The zero-order valence-electron chi connectivity index (χ0n) is 9.16. The molecule has 1 rings (SSSR count). The lowest BCUT2D eigenvalue weighted by atomic mass is 10.2. The molecule has 0 aliphatic rings. The zero-order chi connectivity index (χ0) is 14.1. The Labute approximate surface area is 98.8 Å². The first kappa shape index (κ1) is 14.2. The molecule has 0 saturated heterocycles. The van der Waals surface area contributed by atoms with E-state index in [4.69, 9.17) is 5.11 Å². The first-order chi connectivity index (χ1) is 8.15. The van der Waals surface area contributed by atoms with Gasteiger partial charge in [-0.1, -0.05) is 0 Å². The van der Waals surface area contributed by atoms with Crippen LogP contribution in [0.1, 0.15) is 27.8 Å². The van der Waals surface area contributed by atoms with Gasteiger partial charge < -0.3 is 9.67 Å². The SMILES string of the molecule is CC(=O)c1cc(C(=O)O)n(CC(F)(F)C(F)F)c1. The van der Waals surface area contributed by atoms with Crippen LogP contribution in [0.4, 0.5) is 17.6 Å². The number of carbonyl (C=O) groups excluding carboxylic acids is 1. The lowest BCUT2D eigenvalue weighted by Crippen LogP contribution is -2.32. The minimum Gasteiger partial charge on any atom is -0.477 e. The van der Waals surface area contributed by atoms with Crippen LogP contribution in [0.2, 0.25) is 0 Å². The molecule has 4 nitrogen and oxygen atoms in total. The summed E-state index contributed by atoms with van der Waals surface area (Å²) in [5.74, 6) is -6.48. The molecular weight excluding hydrogens is 258 g/mol. The summed E-state index contributed by atoms with van der Waals surface area (Å²) < 4.78 is 50.1. The monoisotopic (exact) mass is 267 g/mol. The molecule has 8 heteroatoms. The van der Waals surface area contributed by atoms with Crippen LogP contribution in [0.5, 0.6) is 0 Å². The number of Topliss-reactive ketones (excluding diaryl/α,β-unsaturated/α-hetero) is 1. The third kappa shape index (κ3) is 2.88. The van der Waals surface area contributed by atoms with E-state index < -0.39 is 36.3 Å². The summed E-state index contributed by atoms with van der Waals surface area (Å²) in [6.45, 7) is -0.393. The quantitative estimate of drug-likeness (QED) is 0.657. The van der Waals surface area contributed by atoms with E-state index in [9.17, 15) is 27.2 Å². The number of hydrogen-bond donors (Lipinski definition) is 1. The van der Waals surface area contributed by atoms with E-state index in [0.717, 1.165) is 19.2 Å². The van der Waals surface area contributed by atoms with Crippen LogP contribution in [0.3, 0.4) is 0 Å². The largest absolute Gasteiger partial charge is 0.477 e. The van der Waals surface area contributed by atoms with Gasteiger partial charge in [0.05, 0.1) is 6.54 Å². The molecule has 0 atom stereocenters. The topological polar surface area (TPSA) is 59.3 Å². The highest BCUT2D eigenvalue weighted by molar-refractivity contribution is 5.97. The molecule has 0 saturated carbocycles. The molecule has 0 amide bonds. The van der Waals surface area contributed by atoms with Crippen molar-refractivity contribution in [3.05, 3.63) is 23.5 Å². The number of ketones is 1. The van der Waals surface area contributed by atoms with Crippen LogP contribution in [-0.4, -0.2) is 33.8 Å². The molecule has 1 aromatic heterocycles. The molecule has 0 aromatic carbocycles. The first-order valence-corrected chi connectivity index (χ1v) is 4.75. The molecule has 1 heterocycles. The number of carbonyl (C=O) groups is 2. The maximum absolute atomic E-state index is 12.8. The van der Waals surface area contributed by atoms with E-state index in [-0.39, 0.29) is 5.56 Å². The van der Waals surface area contributed by atoms with Crippen LogP contribution >= 0.6 is 0 Å². The van der Waals surface area contributed by atoms with E-state index in [1.165, 1.54) is 0 Å².